The molecular formula is C11H19N5O2S. The van der Waals surface area contributed by atoms with E-state index in [1.807, 2.05) is 0 Å². The Kier molecular flexibility index (Phi) is 3.42. The van der Waals surface area contributed by atoms with E-state index in [0.29, 0.717) is 13.1 Å². The summed E-state index contributed by atoms with van der Waals surface area (Å²) in [6.07, 6.45) is 3.15. The van der Waals surface area contributed by atoms with Crippen LogP contribution in [-0.2, 0) is 27.7 Å². The van der Waals surface area contributed by atoms with Crippen LogP contribution in [0.3, 0.4) is 0 Å². The monoisotopic (exact) mass is 285 g/mol. The largest absolute Gasteiger partial charge is 0.598 e. The van der Waals surface area contributed by atoms with Gasteiger partial charge in [0.25, 0.3) is 0 Å². The van der Waals surface area contributed by atoms with Crippen LogP contribution in [0.2, 0.25) is 0 Å². The molecule has 7 nitrogen and oxygen atoms in total. The van der Waals surface area contributed by atoms with Crippen molar-refractivity contribution in [3.63, 3.8) is 0 Å². The third-order valence-corrected chi connectivity index (χ3v) is 5.14. The van der Waals surface area contributed by atoms with Gasteiger partial charge in [0.05, 0.1) is 13.1 Å². The normalized spacial score (nSPS) is 27.8. The molecule has 8 heteroatoms. The van der Waals surface area contributed by atoms with Crippen LogP contribution in [0, 0.1) is 0 Å². The summed E-state index contributed by atoms with van der Waals surface area (Å²) >= 11 is 0. The second kappa shape index (κ2) is 4.93. The molecule has 19 heavy (non-hydrogen) atoms. The summed E-state index contributed by atoms with van der Waals surface area (Å²) in [4.78, 5) is 0. The lowest BCUT2D eigenvalue weighted by atomic mass is 9.98. The zero-order chi connectivity index (χ0) is 13.5. The molecule has 2 aliphatic heterocycles. The highest BCUT2D eigenvalue weighted by molar-refractivity contribution is 7.94. The van der Waals surface area contributed by atoms with Crippen LogP contribution >= 0.6 is 0 Å². The quantitative estimate of drug-likeness (QED) is 0.756. The highest BCUT2D eigenvalue weighted by atomic mass is 32.3. The number of nitrogens with zero attached hydrogens (tertiary/aromatic N) is 4. The van der Waals surface area contributed by atoms with Crippen molar-refractivity contribution < 1.29 is 8.76 Å². The molecule has 1 aromatic heterocycles. The first-order valence-corrected chi connectivity index (χ1v) is 8.48. The summed E-state index contributed by atoms with van der Waals surface area (Å²) < 4.78 is 27.0. The highest BCUT2D eigenvalue weighted by Crippen LogP contribution is 2.28. The molecule has 0 amide bonds. The van der Waals surface area contributed by atoms with Gasteiger partial charge in [-0.2, -0.15) is 0 Å². The Hall–Kier alpha value is -0.830. The van der Waals surface area contributed by atoms with Gasteiger partial charge in [-0.3, -0.25) is 0 Å². The molecule has 3 rings (SSSR count). The molecule has 2 unspecified atom stereocenters. The minimum Gasteiger partial charge on any atom is -0.598 e. The van der Waals surface area contributed by atoms with Crippen LogP contribution in [0.25, 0.3) is 0 Å². The summed E-state index contributed by atoms with van der Waals surface area (Å²) in [5.41, 5.74) is 0. The molecule has 1 aromatic rings. The summed E-state index contributed by atoms with van der Waals surface area (Å²) in [5.74, 6) is 2.07. The molecule has 0 saturated carbocycles. The van der Waals surface area contributed by atoms with Crippen molar-refractivity contribution in [2.45, 2.75) is 31.8 Å². The Morgan fingerprint density at radius 2 is 2.26 bits per heavy atom. The zero-order valence-corrected chi connectivity index (χ0v) is 11.9. The van der Waals surface area contributed by atoms with Crippen molar-refractivity contribution in [1.82, 2.24) is 24.4 Å². The van der Waals surface area contributed by atoms with E-state index in [1.165, 1.54) is 6.26 Å². The van der Waals surface area contributed by atoms with Crippen LogP contribution in [0.1, 0.15) is 30.4 Å². The number of nitrogens with one attached hydrogen (secondary N) is 1. The van der Waals surface area contributed by atoms with E-state index in [2.05, 4.69) is 20.1 Å². The first kappa shape index (κ1) is 13.2. The third-order valence-electron chi connectivity index (χ3n) is 3.87. The number of aromatic nitrogens is 3. The van der Waals surface area contributed by atoms with Gasteiger partial charge in [-0.15, -0.1) is 14.5 Å². The Balaban J connectivity index is 1.82. The maximum absolute atomic E-state index is 11.7. The Morgan fingerprint density at radius 3 is 3.05 bits per heavy atom. The number of hydrogen-bond acceptors (Lipinski definition) is 5. The van der Waals surface area contributed by atoms with E-state index >= 15 is 0 Å². The average Bonchev–Trinajstić information content (AvgIpc) is 2.82. The van der Waals surface area contributed by atoms with Crippen LogP contribution in [0.5, 0.6) is 0 Å². The van der Waals surface area contributed by atoms with E-state index in [0.717, 1.165) is 44.1 Å². The van der Waals surface area contributed by atoms with Gasteiger partial charge in [-0.25, -0.2) is 0 Å². The van der Waals surface area contributed by atoms with Crippen LogP contribution in [0.4, 0.5) is 0 Å². The van der Waals surface area contributed by atoms with Gasteiger partial charge < -0.3 is 14.4 Å². The van der Waals surface area contributed by atoms with Gasteiger partial charge in [-0.05, 0) is 12.8 Å². The fraction of sp³-hybridized carbons (Fsp3) is 0.818. The fourth-order valence-electron chi connectivity index (χ4n) is 2.87. The molecule has 0 aliphatic carbocycles. The molecule has 0 radical (unpaired) electrons. The van der Waals surface area contributed by atoms with Gasteiger partial charge in [0.15, 0.2) is 0 Å². The van der Waals surface area contributed by atoms with E-state index in [-0.39, 0.29) is 5.92 Å². The minimum atomic E-state index is -3.11. The van der Waals surface area contributed by atoms with Crippen LogP contribution in [0.15, 0.2) is 0 Å². The van der Waals surface area contributed by atoms with Crippen LogP contribution < -0.4 is 5.32 Å². The molecule has 2 aliphatic rings. The van der Waals surface area contributed by atoms with Crippen molar-refractivity contribution in [3.8, 4) is 0 Å². The standard InChI is InChI=1S/C11H19N5O2S/c1-19(17,18)15-5-2-3-9(8-15)11-14-13-10-7-12-4-6-16(10)11/h9,12H,2-8H2,1H3. The smallest absolute Gasteiger partial charge is 0.147 e. The van der Waals surface area contributed by atoms with Crippen molar-refractivity contribution in [2.75, 3.05) is 25.9 Å². The third kappa shape index (κ3) is 2.58. The number of hydrogen-bond donors (Lipinski definition) is 1. The first-order chi connectivity index (χ1) is 9.05. The number of rotatable bonds is 2. The van der Waals surface area contributed by atoms with E-state index in [9.17, 15) is 8.76 Å². The summed E-state index contributed by atoms with van der Waals surface area (Å²) in [6.45, 7) is 3.69. The lowest BCUT2D eigenvalue weighted by Crippen LogP contribution is -2.42. The van der Waals surface area contributed by atoms with Gasteiger partial charge in [0.2, 0.25) is 0 Å². The molecule has 1 saturated heterocycles. The second-order valence-electron chi connectivity index (χ2n) is 5.26. The molecule has 106 valence electrons. The van der Waals surface area contributed by atoms with Gasteiger partial charge >= 0.3 is 0 Å². The Bertz CT molecular complexity index is 511. The molecule has 0 bridgehead atoms. The second-order valence-corrected chi connectivity index (χ2v) is 7.25. The number of fused-ring (bicyclic) bond motifs is 1. The van der Waals surface area contributed by atoms with Crippen molar-refractivity contribution in [2.24, 2.45) is 0 Å². The topological polar surface area (TPSA) is 86.1 Å². The number of sulfonamides is 1. The lowest BCUT2D eigenvalue weighted by Gasteiger charge is -2.33. The zero-order valence-electron chi connectivity index (χ0n) is 11.0. The predicted molar refractivity (Wildman–Crippen MR) is 70.0 cm³/mol. The highest BCUT2D eigenvalue weighted by Gasteiger charge is 2.33. The Morgan fingerprint density at radius 1 is 1.42 bits per heavy atom. The maximum atomic E-state index is 11.7. The van der Waals surface area contributed by atoms with Crippen molar-refractivity contribution in [1.29, 1.82) is 0 Å². The molecule has 0 aromatic carbocycles. The molecule has 0 spiro atoms. The molecular weight excluding hydrogens is 266 g/mol. The van der Waals surface area contributed by atoms with Gasteiger partial charge in [0, 0.05) is 25.6 Å². The van der Waals surface area contributed by atoms with Crippen LogP contribution in [-0.4, -0.2) is 49.5 Å². The molecule has 1 fully saturated rings. The van der Waals surface area contributed by atoms with E-state index < -0.39 is 10.4 Å². The SMILES string of the molecule is C[S+](=O)([O-])N1CCCC(c2nnc3n2CCNC3)C1. The van der Waals surface area contributed by atoms with Gasteiger partial charge in [0.1, 0.15) is 28.3 Å². The van der Waals surface area contributed by atoms with Gasteiger partial charge in [-0.1, -0.05) is 4.21 Å². The fourth-order valence-corrected chi connectivity index (χ4v) is 3.78. The van der Waals surface area contributed by atoms with Crippen molar-refractivity contribution in [3.05, 3.63) is 11.6 Å². The first-order valence-electron chi connectivity index (χ1n) is 6.63. The molecule has 2 atom stereocenters. The van der Waals surface area contributed by atoms with E-state index in [1.54, 1.807) is 4.31 Å². The Labute approximate surface area is 113 Å². The molecule has 3 heterocycles. The molecule has 1 N–H and O–H groups in total. The number of piperidine rings is 1. The minimum absolute atomic E-state index is 0.169. The summed E-state index contributed by atoms with van der Waals surface area (Å²) in [7, 11) is -3.11. The predicted octanol–water partition coefficient (Wildman–Crippen LogP) is -0.265. The van der Waals surface area contributed by atoms with E-state index in [4.69, 9.17) is 0 Å². The van der Waals surface area contributed by atoms with Crippen molar-refractivity contribution >= 4 is 10.4 Å². The summed E-state index contributed by atoms with van der Waals surface area (Å²) in [5, 5.41) is 11.8. The summed E-state index contributed by atoms with van der Waals surface area (Å²) in [6, 6.07) is 0. The average molecular weight is 285 g/mol. The maximum Gasteiger partial charge on any atom is 0.147 e. The lowest BCUT2D eigenvalue weighted by molar-refractivity contribution is 0.281.